The molecule has 0 saturated heterocycles. The zero-order valence-corrected chi connectivity index (χ0v) is 11.3. The Morgan fingerprint density at radius 2 is 1.95 bits per heavy atom. The van der Waals surface area contributed by atoms with Gasteiger partial charge in [0.25, 0.3) is 12.1 Å². The third kappa shape index (κ3) is 4.13. The van der Waals surface area contributed by atoms with Crippen molar-refractivity contribution >= 4 is 11.9 Å². The molecule has 1 aromatic rings. The molecule has 2 N–H and O–H groups in total. The van der Waals surface area contributed by atoms with Gasteiger partial charge in [-0.25, -0.2) is 4.79 Å². The molecule has 0 aliphatic heterocycles. The van der Waals surface area contributed by atoms with E-state index in [0.29, 0.717) is 0 Å². The van der Waals surface area contributed by atoms with Crippen molar-refractivity contribution in [2.75, 3.05) is 7.11 Å². The van der Waals surface area contributed by atoms with Crippen molar-refractivity contribution in [2.24, 2.45) is 5.41 Å². The van der Waals surface area contributed by atoms with Crippen LogP contribution in [0.4, 0.5) is 0 Å². The number of amides is 1. The van der Waals surface area contributed by atoms with Gasteiger partial charge < -0.3 is 9.94 Å². The highest BCUT2D eigenvalue weighted by atomic mass is 16.7. The van der Waals surface area contributed by atoms with E-state index in [4.69, 9.17) is 4.84 Å². The van der Waals surface area contributed by atoms with Gasteiger partial charge in [-0.1, -0.05) is 0 Å². The van der Waals surface area contributed by atoms with E-state index in [1.165, 1.54) is 25.6 Å². The van der Waals surface area contributed by atoms with Crippen molar-refractivity contribution in [3.63, 3.8) is 0 Å². The lowest BCUT2D eigenvalue weighted by Crippen LogP contribution is -2.41. The highest BCUT2D eigenvalue weighted by Gasteiger charge is 2.25. The molecule has 7 nitrogen and oxygen atoms in total. The maximum atomic E-state index is 11.7. The molecule has 1 rings (SSSR count). The lowest BCUT2D eigenvalue weighted by Gasteiger charge is -2.15. The zero-order valence-electron chi connectivity index (χ0n) is 11.3. The summed E-state index contributed by atoms with van der Waals surface area (Å²) in [7, 11) is 1.38. The lowest BCUT2D eigenvalue weighted by atomic mass is 9.98. The van der Waals surface area contributed by atoms with E-state index in [-0.39, 0.29) is 11.3 Å². The van der Waals surface area contributed by atoms with Gasteiger partial charge in [0, 0.05) is 10.8 Å². The van der Waals surface area contributed by atoms with Gasteiger partial charge in [-0.2, -0.15) is 5.48 Å². The van der Waals surface area contributed by atoms with Gasteiger partial charge in [0.15, 0.2) is 5.75 Å². The summed E-state index contributed by atoms with van der Waals surface area (Å²) in [4.78, 5) is 32.7. The first-order valence-electron chi connectivity index (χ1n) is 5.55. The van der Waals surface area contributed by atoms with Crippen molar-refractivity contribution in [2.45, 2.75) is 20.8 Å². The van der Waals surface area contributed by atoms with E-state index in [1.807, 2.05) is 5.48 Å². The number of hydrogen-bond donors (Lipinski definition) is 2. The largest absolute Gasteiger partial charge is 0.503 e. The maximum Gasteiger partial charge on any atom is 0.337 e. The molecule has 1 amide bonds. The van der Waals surface area contributed by atoms with Crippen LogP contribution >= 0.6 is 0 Å². The van der Waals surface area contributed by atoms with E-state index >= 15 is 0 Å². The summed E-state index contributed by atoms with van der Waals surface area (Å²) >= 11 is 0. The molecule has 1 aromatic heterocycles. The number of nitrogens with one attached hydrogen (secondary N) is 1. The molecular formula is C12H17N2O5+. The Hall–Kier alpha value is -2.31. The van der Waals surface area contributed by atoms with E-state index in [1.54, 1.807) is 20.8 Å². The second-order valence-electron chi connectivity index (χ2n) is 4.90. The third-order valence-corrected chi connectivity index (χ3v) is 2.15. The number of aromatic nitrogens is 1. The predicted octanol–water partition coefficient (Wildman–Crippen LogP) is -0.0278. The molecule has 0 radical (unpaired) electrons. The first-order chi connectivity index (χ1) is 8.74. The fourth-order valence-corrected chi connectivity index (χ4v) is 1.07. The second-order valence-corrected chi connectivity index (χ2v) is 4.90. The van der Waals surface area contributed by atoms with E-state index in [9.17, 15) is 14.7 Å². The molecule has 0 aromatic carbocycles. The van der Waals surface area contributed by atoms with Gasteiger partial charge >= 0.3 is 5.97 Å². The van der Waals surface area contributed by atoms with Gasteiger partial charge in [-0.05, 0) is 20.8 Å². The van der Waals surface area contributed by atoms with Crippen molar-refractivity contribution in [3.05, 3.63) is 24.0 Å². The van der Waals surface area contributed by atoms with Crippen LogP contribution in [0.2, 0.25) is 0 Å². The average molecular weight is 269 g/mol. The van der Waals surface area contributed by atoms with Crippen LogP contribution in [0.5, 0.6) is 5.75 Å². The molecule has 0 aliphatic carbocycles. The van der Waals surface area contributed by atoms with Crippen LogP contribution in [-0.4, -0.2) is 24.1 Å². The summed E-state index contributed by atoms with van der Waals surface area (Å²) in [5.74, 6) is -1.39. The minimum absolute atomic E-state index is 0.0866. The number of carbonyl (C=O) groups excluding carboxylic acids is 2. The smallest absolute Gasteiger partial charge is 0.337 e. The molecule has 0 saturated carbocycles. The van der Waals surface area contributed by atoms with Crippen LogP contribution in [0.3, 0.4) is 0 Å². The standard InChI is InChI=1S/C12H16N2O5/c1-12(2,3)11(17)19-13-10(16)8-5-9(15)7-14(6-8)18-4/h5-7H,1-4H3,(H-,13,15,16)/p+1. The third-order valence-electron chi connectivity index (χ3n) is 2.15. The lowest BCUT2D eigenvalue weighted by molar-refractivity contribution is -0.885. The zero-order chi connectivity index (χ0) is 14.6. The molecule has 0 spiro atoms. The number of pyridine rings is 1. The number of rotatable bonds is 2. The molecule has 0 aliphatic rings. The Morgan fingerprint density at radius 1 is 1.32 bits per heavy atom. The molecular weight excluding hydrogens is 252 g/mol. The van der Waals surface area contributed by atoms with E-state index < -0.39 is 17.3 Å². The molecule has 0 bridgehead atoms. The predicted molar refractivity (Wildman–Crippen MR) is 63.8 cm³/mol. The highest BCUT2D eigenvalue weighted by Crippen LogP contribution is 2.14. The molecule has 19 heavy (non-hydrogen) atoms. The molecule has 0 fully saturated rings. The van der Waals surface area contributed by atoms with Crippen molar-refractivity contribution in [3.8, 4) is 5.75 Å². The fourth-order valence-electron chi connectivity index (χ4n) is 1.07. The summed E-state index contributed by atoms with van der Waals surface area (Å²) < 4.78 is 1.15. The number of hydrogen-bond acceptors (Lipinski definition) is 5. The normalized spacial score (nSPS) is 10.7. The highest BCUT2D eigenvalue weighted by molar-refractivity contribution is 5.94. The van der Waals surface area contributed by atoms with Crippen LogP contribution in [0, 0.1) is 5.41 Å². The SMILES string of the molecule is CO[n+]1cc(O)cc(C(=O)NOC(=O)C(C)(C)C)c1. The second kappa shape index (κ2) is 5.55. The topological polar surface area (TPSA) is 88.7 Å². The molecule has 104 valence electrons. The number of carbonyl (C=O) groups is 2. The van der Waals surface area contributed by atoms with Gasteiger partial charge in [-0.3, -0.25) is 9.63 Å². The van der Waals surface area contributed by atoms with Crippen LogP contribution in [0.15, 0.2) is 18.5 Å². The molecule has 0 unspecified atom stereocenters. The summed E-state index contributed by atoms with van der Waals surface area (Å²) in [6.07, 6.45) is 2.61. The van der Waals surface area contributed by atoms with E-state index in [0.717, 1.165) is 4.73 Å². The number of nitrogens with zero attached hydrogens (tertiary/aromatic N) is 1. The minimum atomic E-state index is -0.724. The Labute approximate surface area is 110 Å². The molecule has 7 heteroatoms. The summed E-state index contributed by atoms with van der Waals surface area (Å²) in [6, 6.07) is 1.22. The quantitative estimate of drug-likeness (QED) is 0.581. The van der Waals surface area contributed by atoms with Crippen molar-refractivity contribution in [1.82, 2.24) is 5.48 Å². The number of aromatic hydroxyl groups is 1. The Kier molecular flexibility index (Phi) is 4.31. The Morgan fingerprint density at radius 3 is 2.47 bits per heavy atom. The van der Waals surface area contributed by atoms with Crippen molar-refractivity contribution < 1.29 is 29.1 Å². The Bertz CT molecular complexity index is 493. The van der Waals surface area contributed by atoms with Crippen molar-refractivity contribution in [1.29, 1.82) is 0 Å². The maximum absolute atomic E-state index is 11.7. The average Bonchev–Trinajstić information content (AvgIpc) is 2.33. The van der Waals surface area contributed by atoms with E-state index in [2.05, 4.69) is 4.84 Å². The minimum Gasteiger partial charge on any atom is -0.503 e. The van der Waals surface area contributed by atoms with Crippen LogP contribution < -0.4 is 15.0 Å². The van der Waals surface area contributed by atoms with Crippen LogP contribution in [0.25, 0.3) is 0 Å². The molecule has 0 atom stereocenters. The molecule has 1 heterocycles. The Balaban J connectivity index is 2.74. The van der Waals surface area contributed by atoms with Gasteiger partial charge in [0.05, 0.1) is 5.41 Å². The fraction of sp³-hybridized carbons (Fsp3) is 0.417. The monoisotopic (exact) mass is 269 g/mol. The van der Waals surface area contributed by atoms with Gasteiger partial charge in [0.1, 0.15) is 12.7 Å². The van der Waals surface area contributed by atoms with Gasteiger partial charge in [0.2, 0.25) is 6.20 Å². The first-order valence-corrected chi connectivity index (χ1v) is 5.55. The summed E-state index contributed by atoms with van der Waals surface area (Å²) in [6.45, 7) is 4.98. The number of hydroxylamine groups is 1. The first kappa shape index (κ1) is 14.7. The van der Waals surface area contributed by atoms with Crippen LogP contribution in [-0.2, 0) is 9.63 Å². The van der Waals surface area contributed by atoms with Gasteiger partial charge in [-0.15, -0.1) is 0 Å². The summed E-state index contributed by atoms with van der Waals surface area (Å²) in [5.41, 5.74) is 1.38. The summed E-state index contributed by atoms with van der Waals surface area (Å²) in [5, 5.41) is 9.39. The van der Waals surface area contributed by atoms with Crippen LogP contribution in [0.1, 0.15) is 31.1 Å².